The van der Waals surface area contributed by atoms with E-state index in [1.807, 2.05) is 19.9 Å². The van der Waals surface area contributed by atoms with Gasteiger partial charge in [-0.25, -0.2) is 9.50 Å². The van der Waals surface area contributed by atoms with Gasteiger partial charge in [-0.1, -0.05) is 19.3 Å². The Morgan fingerprint density at radius 3 is 2.71 bits per heavy atom. The Bertz CT molecular complexity index is 1210. The number of anilines is 1. The molecule has 2 aromatic heterocycles. The molecule has 8 heteroatoms. The number of ether oxygens (including phenoxy) is 1. The van der Waals surface area contributed by atoms with Crippen LogP contribution in [0, 0.1) is 6.92 Å². The van der Waals surface area contributed by atoms with E-state index in [1.54, 1.807) is 4.52 Å². The summed E-state index contributed by atoms with van der Waals surface area (Å²) >= 11 is 0. The van der Waals surface area contributed by atoms with Gasteiger partial charge in [-0.2, -0.15) is 0 Å². The lowest BCUT2D eigenvalue weighted by molar-refractivity contribution is 0.341. The molecular weight excluding hydrogens is 428 g/mol. The zero-order valence-electron chi connectivity index (χ0n) is 20.6. The summed E-state index contributed by atoms with van der Waals surface area (Å²) in [5, 5.41) is 4.83. The standard InChI is InChI=1S/C26H36N6O2/c1-4-34-22-17-20(31-14-8-13-30(3)15-16-31)11-12-21(22)25-28-26(33)24-23(19-9-6-5-7-10-19)27-18(2)32(24)29-25/h11-12,17,19H,4-10,13-16H2,1-3H3,(H,28,29,33). The zero-order valence-corrected chi connectivity index (χ0v) is 20.6. The number of likely N-dealkylation sites (N-methyl/N-ethyl adjacent to an activating group) is 1. The fraction of sp³-hybridized carbons (Fsp3) is 0.577. The summed E-state index contributed by atoms with van der Waals surface area (Å²) < 4.78 is 7.76. The van der Waals surface area contributed by atoms with E-state index in [4.69, 9.17) is 14.8 Å². The van der Waals surface area contributed by atoms with Gasteiger partial charge in [0.15, 0.2) is 11.3 Å². The molecule has 182 valence electrons. The SMILES string of the molecule is CCOc1cc(N2CCCN(C)CC2)ccc1-c1nn2c(C)nc(C3CCCCC3)c2c(=O)[nH]1. The number of imidazole rings is 1. The highest BCUT2D eigenvalue weighted by atomic mass is 16.5. The minimum atomic E-state index is -0.131. The summed E-state index contributed by atoms with van der Waals surface area (Å²) in [4.78, 5) is 25.9. The van der Waals surface area contributed by atoms with Crippen molar-refractivity contribution >= 4 is 11.2 Å². The molecule has 0 atom stereocenters. The van der Waals surface area contributed by atoms with Gasteiger partial charge < -0.3 is 19.5 Å². The predicted molar refractivity (Wildman–Crippen MR) is 135 cm³/mol. The molecule has 8 nitrogen and oxygen atoms in total. The topological polar surface area (TPSA) is 78.8 Å². The monoisotopic (exact) mass is 464 g/mol. The van der Waals surface area contributed by atoms with Crippen molar-refractivity contribution in [1.82, 2.24) is 24.5 Å². The van der Waals surface area contributed by atoms with Crippen molar-refractivity contribution in [3.05, 3.63) is 40.1 Å². The van der Waals surface area contributed by atoms with Crippen LogP contribution in [0.5, 0.6) is 5.75 Å². The first-order valence-electron chi connectivity index (χ1n) is 12.8. The van der Waals surface area contributed by atoms with Crippen LogP contribution >= 0.6 is 0 Å². The number of nitrogens with zero attached hydrogens (tertiary/aromatic N) is 5. The number of aromatic amines is 1. The average molecular weight is 465 g/mol. The predicted octanol–water partition coefficient (Wildman–Crippen LogP) is 3.98. The van der Waals surface area contributed by atoms with Crippen molar-refractivity contribution < 1.29 is 4.74 Å². The Balaban J connectivity index is 1.53. The highest BCUT2D eigenvalue weighted by Gasteiger charge is 2.25. The molecule has 0 spiro atoms. The first-order chi connectivity index (χ1) is 16.5. The first-order valence-corrected chi connectivity index (χ1v) is 12.8. The van der Waals surface area contributed by atoms with Crippen molar-refractivity contribution in [1.29, 1.82) is 0 Å². The second kappa shape index (κ2) is 9.78. The van der Waals surface area contributed by atoms with Crippen LogP contribution in [0.4, 0.5) is 5.69 Å². The van der Waals surface area contributed by atoms with E-state index in [0.29, 0.717) is 23.9 Å². The Morgan fingerprint density at radius 1 is 1.09 bits per heavy atom. The normalized spacial score (nSPS) is 18.4. The van der Waals surface area contributed by atoms with E-state index in [2.05, 4.69) is 34.0 Å². The van der Waals surface area contributed by atoms with Crippen molar-refractivity contribution in [3.63, 3.8) is 0 Å². The van der Waals surface area contributed by atoms with Gasteiger partial charge >= 0.3 is 0 Å². The largest absolute Gasteiger partial charge is 0.493 e. The number of benzene rings is 1. The fourth-order valence-electron chi connectivity index (χ4n) is 5.44. The third-order valence-electron chi connectivity index (χ3n) is 7.29. The quantitative estimate of drug-likeness (QED) is 0.615. The van der Waals surface area contributed by atoms with Gasteiger partial charge in [-0.15, -0.1) is 5.10 Å². The van der Waals surface area contributed by atoms with Gasteiger partial charge in [0.05, 0.1) is 17.9 Å². The van der Waals surface area contributed by atoms with Crippen molar-refractivity contribution in [2.45, 2.75) is 58.3 Å². The maximum atomic E-state index is 13.3. The molecule has 34 heavy (non-hydrogen) atoms. The summed E-state index contributed by atoms with van der Waals surface area (Å²) in [6.45, 7) is 8.62. The Kier molecular flexibility index (Phi) is 6.59. The number of hydrogen-bond donors (Lipinski definition) is 1. The lowest BCUT2D eigenvalue weighted by atomic mass is 9.87. The van der Waals surface area contributed by atoms with E-state index in [1.165, 1.54) is 19.3 Å². The van der Waals surface area contributed by atoms with Crippen LogP contribution in [0.1, 0.15) is 62.9 Å². The molecule has 1 aliphatic heterocycles. The van der Waals surface area contributed by atoms with Gasteiger partial charge in [0.25, 0.3) is 5.56 Å². The number of H-pyrrole nitrogens is 1. The number of aryl methyl sites for hydroxylation is 1. The molecule has 1 N–H and O–H groups in total. The van der Waals surface area contributed by atoms with Gasteiger partial charge in [-0.3, -0.25) is 4.79 Å². The smallest absolute Gasteiger partial charge is 0.277 e. The molecular formula is C26H36N6O2. The van der Waals surface area contributed by atoms with Crippen molar-refractivity contribution in [2.24, 2.45) is 0 Å². The van der Waals surface area contributed by atoms with E-state index in [9.17, 15) is 4.79 Å². The molecule has 1 saturated heterocycles. The second-order valence-corrected chi connectivity index (χ2v) is 9.70. The van der Waals surface area contributed by atoms with Gasteiger partial charge in [0, 0.05) is 37.3 Å². The van der Waals surface area contributed by atoms with Gasteiger partial charge in [0.2, 0.25) is 0 Å². The number of aromatic nitrogens is 4. The molecule has 3 aromatic rings. The zero-order chi connectivity index (χ0) is 23.7. The molecule has 0 amide bonds. The molecule has 1 aliphatic carbocycles. The van der Waals surface area contributed by atoms with Crippen LogP contribution in [-0.4, -0.2) is 64.3 Å². The molecule has 0 unspecified atom stereocenters. The number of rotatable bonds is 5. The minimum Gasteiger partial charge on any atom is -0.493 e. The number of hydrogen-bond acceptors (Lipinski definition) is 6. The highest BCUT2D eigenvalue weighted by molar-refractivity contribution is 5.70. The molecule has 2 fully saturated rings. The van der Waals surface area contributed by atoms with Crippen LogP contribution < -0.4 is 15.2 Å². The molecule has 1 saturated carbocycles. The van der Waals surface area contributed by atoms with Crippen LogP contribution in [0.15, 0.2) is 23.0 Å². The Morgan fingerprint density at radius 2 is 1.91 bits per heavy atom. The number of fused-ring (bicyclic) bond motifs is 1. The van der Waals surface area contributed by atoms with Gasteiger partial charge in [0.1, 0.15) is 11.6 Å². The molecule has 0 radical (unpaired) electrons. The molecule has 1 aromatic carbocycles. The van der Waals surface area contributed by atoms with Crippen molar-refractivity contribution in [2.75, 3.05) is 44.7 Å². The summed E-state index contributed by atoms with van der Waals surface area (Å²) in [7, 11) is 2.17. The summed E-state index contributed by atoms with van der Waals surface area (Å²) in [6.07, 6.45) is 6.99. The summed E-state index contributed by atoms with van der Waals surface area (Å²) in [5.74, 6) is 2.35. The molecule has 3 heterocycles. The van der Waals surface area contributed by atoms with Crippen molar-refractivity contribution in [3.8, 4) is 17.1 Å². The second-order valence-electron chi connectivity index (χ2n) is 9.70. The summed E-state index contributed by atoms with van der Waals surface area (Å²) in [5.41, 5.74) is 3.31. The minimum absolute atomic E-state index is 0.131. The van der Waals surface area contributed by atoms with Crippen LogP contribution in [0.3, 0.4) is 0 Å². The Hall–Kier alpha value is -2.87. The lowest BCUT2D eigenvalue weighted by Gasteiger charge is -2.24. The van der Waals surface area contributed by atoms with Crippen LogP contribution in [0.25, 0.3) is 16.9 Å². The van der Waals surface area contributed by atoms with E-state index < -0.39 is 0 Å². The van der Waals surface area contributed by atoms with E-state index in [0.717, 1.165) is 74.0 Å². The molecule has 0 bridgehead atoms. The highest BCUT2D eigenvalue weighted by Crippen LogP contribution is 2.35. The van der Waals surface area contributed by atoms with Crippen LogP contribution in [-0.2, 0) is 0 Å². The van der Waals surface area contributed by atoms with E-state index in [-0.39, 0.29) is 5.56 Å². The maximum absolute atomic E-state index is 13.3. The fourth-order valence-corrected chi connectivity index (χ4v) is 5.44. The lowest BCUT2D eigenvalue weighted by Crippen LogP contribution is -2.28. The molecule has 2 aliphatic rings. The summed E-state index contributed by atoms with van der Waals surface area (Å²) in [6, 6.07) is 6.22. The Labute approximate surface area is 200 Å². The van der Waals surface area contributed by atoms with Crippen LogP contribution in [0.2, 0.25) is 0 Å². The van der Waals surface area contributed by atoms with Gasteiger partial charge in [-0.05, 0) is 58.8 Å². The molecule has 5 rings (SSSR count). The first kappa shape index (κ1) is 22.9. The third kappa shape index (κ3) is 4.43. The van der Waals surface area contributed by atoms with E-state index >= 15 is 0 Å². The third-order valence-corrected chi connectivity index (χ3v) is 7.29. The maximum Gasteiger partial charge on any atom is 0.277 e. The number of nitrogens with one attached hydrogen (secondary N) is 1. The average Bonchev–Trinajstić information content (AvgIpc) is 3.03.